The van der Waals surface area contributed by atoms with Crippen LogP contribution in [0.4, 0.5) is 8.78 Å². The third-order valence-corrected chi connectivity index (χ3v) is 5.97. The van der Waals surface area contributed by atoms with Gasteiger partial charge in [0.05, 0.1) is 0 Å². The van der Waals surface area contributed by atoms with Crippen molar-refractivity contribution in [3.63, 3.8) is 0 Å². The van der Waals surface area contributed by atoms with Gasteiger partial charge in [0.25, 0.3) is 11.8 Å². The quantitative estimate of drug-likeness (QED) is 0.281. The van der Waals surface area contributed by atoms with E-state index in [-0.39, 0.29) is 24.8 Å². The summed E-state index contributed by atoms with van der Waals surface area (Å²) in [6.07, 6.45) is 0. The second-order valence-corrected chi connectivity index (χ2v) is 8.88. The van der Waals surface area contributed by atoms with Crippen molar-refractivity contribution in [2.45, 2.75) is 20.0 Å². The van der Waals surface area contributed by atoms with Gasteiger partial charge in [-0.15, -0.1) is 0 Å². The van der Waals surface area contributed by atoms with Gasteiger partial charge in [0.1, 0.15) is 11.5 Å². The van der Waals surface area contributed by atoms with E-state index in [0.717, 1.165) is 28.5 Å². The first-order valence-corrected chi connectivity index (χ1v) is 11.9. The maximum Gasteiger partial charge on any atom is 0.265 e. The standard InChI is InChI=1S/C29H27F2N3O4/c1-18-13-20(8-11-26(18)35)29(37)33-34(2)16-21-9-12-27(23-6-4-3-5-22(21)23)38-17-28(36)32-15-19-7-10-24(30)25(31)14-19/h3-14,35H,15-17H2,1-2H3,(H,32,36)(H,33,37). The molecule has 0 bridgehead atoms. The second-order valence-electron chi connectivity index (χ2n) is 8.88. The molecule has 0 aliphatic heterocycles. The van der Waals surface area contributed by atoms with Gasteiger partial charge in [-0.2, -0.15) is 0 Å². The van der Waals surface area contributed by atoms with Crippen molar-refractivity contribution in [2.24, 2.45) is 0 Å². The number of halogens is 2. The van der Waals surface area contributed by atoms with Crippen LogP contribution in [0.3, 0.4) is 0 Å². The average Bonchev–Trinajstić information content (AvgIpc) is 2.90. The molecule has 0 fully saturated rings. The number of carbonyl (C=O) groups is 2. The Labute approximate surface area is 218 Å². The number of benzene rings is 4. The predicted octanol–water partition coefficient (Wildman–Crippen LogP) is 4.60. The predicted molar refractivity (Wildman–Crippen MR) is 139 cm³/mol. The van der Waals surface area contributed by atoms with Crippen LogP contribution in [0.2, 0.25) is 0 Å². The van der Waals surface area contributed by atoms with Gasteiger partial charge in [-0.3, -0.25) is 15.0 Å². The van der Waals surface area contributed by atoms with E-state index < -0.39 is 17.5 Å². The summed E-state index contributed by atoms with van der Waals surface area (Å²) in [5, 5.41) is 15.7. The van der Waals surface area contributed by atoms with Crippen LogP contribution in [0.15, 0.2) is 72.8 Å². The number of amides is 2. The Kier molecular flexibility index (Phi) is 8.18. The van der Waals surface area contributed by atoms with Gasteiger partial charge < -0.3 is 15.2 Å². The fourth-order valence-corrected chi connectivity index (χ4v) is 3.97. The molecule has 4 aromatic carbocycles. The zero-order chi connectivity index (χ0) is 27.2. The topological polar surface area (TPSA) is 90.9 Å². The summed E-state index contributed by atoms with van der Waals surface area (Å²) in [4.78, 5) is 24.9. The van der Waals surface area contributed by atoms with E-state index in [2.05, 4.69) is 10.7 Å². The highest BCUT2D eigenvalue weighted by Crippen LogP contribution is 2.29. The summed E-state index contributed by atoms with van der Waals surface area (Å²) in [6, 6.07) is 19.3. The van der Waals surface area contributed by atoms with E-state index >= 15 is 0 Å². The number of nitrogens with one attached hydrogen (secondary N) is 2. The normalized spacial score (nSPS) is 11.0. The minimum atomic E-state index is -0.972. The summed E-state index contributed by atoms with van der Waals surface area (Å²) >= 11 is 0. The van der Waals surface area contributed by atoms with Crippen molar-refractivity contribution in [1.82, 2.24) is 15.8 Å². The Bertz CT molecular complexity index is 1490. The van der Waals surface area contributed by atoms with E-state index in [9.17, 15) is 23.5 Å². The van der Waals surface area contributed by atoms with Gasteiger partial charge in [-0.25, -0.2) is 13.8 Å². The van der Waals surface area contributed by atoms with E-state index in [4.69, 9.17) is 4.74 Å². The first-order chi connectivity index (χ1) is 18.2. The fourth-order valence-electron chi connectivity index (χ4n) is 3.97. The molecule has 0 unspecified atom stereocenters. The molecule has 196 valence electrons. The molecular formula is C29H27F2N3O4. The number of hydrogen-bond donors (Lipinski definition) is 3. The van der Waals surface area contributed by atoms with Crippen molar-refractivity contribution in [3.8, 4) is 11.5 Å². The minimum Gasteiger partial charge on any atom is -0.508 e. The molecule has 0 aromatic heterocycles. The molecule has 0 saturated carbocycles. The number of hydrogen-bond acceptors (Lipinski definition) is 5. The highest BCUT2D eigenvalue weighted by molar-refractivity contribution is 5.94. The SMILES string of the molecule is Cc1cc(C(=O)NN(C)Cc2ccc(OCC(=O)NCc3ccc(F)c(F)c3)c3ccccc23)ccc1O. The minimum absolute atomic E-state index is 0.0425. The number of ether oxygens (including phenoxy) is 1. The molecule has 0 aliphatic carbocycles. The van der Waals surface area contributed by atoms with Crippen LogP contribution in [-0.4, -0.2) is 35.6 Å². The molecule has 0 atom stereocenters. The molecule has 38 heavy (non-hydrogen) atoms. The van der Waals surface area contributed by atoms with Gasteiger partial charge in [-0.1, -0.05) is 36.4 Å². The number of fused-ring (bicyclic) bond motifs is 1. The first kappa shape index (κ1) is 26.6. The van der Waals surface area contributed by atoms with Crippen molar-refractivity contribution in [1.29, 1.82) is 0 Å². The molecule has 0 aliphatic rings. The lowest BCUT2D eigenvalue weighted by atomic mass is 10.0. The van der Waals surface area contributed by atoms with E-state index in [1.54, 1.807) is 37.2 Å². The molecule has 4 aromatic rings. The second kappa shape index (κ2) is 11.7. The Morgan fingerprint density at radius 3 is 2.45 bits per heavy atom. The van der Waals surface area contributed by atoms with Crippen molar-refractivity contribution in [3.05, 3.63) is 107 Å². The third kappa shape index (κ3) is 6.43. The Hall–Kier alpha value is -4.50. The van der Waals surface area contributed by atoms with Crippen molar-refractivity contribution >= 4 is 22.6 Å². The Morgan fingerprint density at radius 1 is 0.947 bits per heavy atom. The highest BCUT2D eigenvalue weighted by Gasteiger charge is 2.14. The number of nitrogens with zero attached hydrogens (tertiary/aromatic N) is 1. The van der Waals surface area contributed by atoms with E-state index in [1.807, 2.05) is 30.3 Å². The lowest BCUT2D eigenvalue weighted by Crippen LogP contribution is -2.38. The van der Waals surface area contributed by atoms with Crippen molar-refractivity contribution < 1.29 is 28.2 Å². The number of aryl methyl sites for hydroxylation is 1. The monoisotopic (exact) mass is 519 g/mol. The molecule has 9 heteroatoms. The van der Waals surface area contributed by atoms with Gasteiger partial charge in [0.15, 0.2) is 18.2 Å². The molecule has 4 rings (SSSR count). The van der Waals surface area contributed by atoms with Crippen LogP contribution in [0.25, 0.3) is 10.8 Å². The lowest BCUT2D eigenvalue weighted by Gasteiger charge is -2.20. The fraction of sp³-hybridized carbons (Fsp3) is 0.172. The summed E-state index contributed by atoms with van der Waals surface area (Å²) in [7, 11) is 1.75. The first-order valence-electron chi connectivity index (χ1n) is 11.9. The summed E-state index contributed by atoms with van der Waals surface area (Å²) in [5.74, 6) is -1.98. The molecule has 2 amide bonds. The zero-order valence-corrected chi connectivity index (χ0v) is 20.9. The lowest BCUT2D eigenvalue weighted by molar-refractivity contribution is -0.123. The highest BCUT2D eigenvalue weighted by atomic mass is 19.2. The number of aromatic hydroxyl groups is 1. The summed E-state index contributed by atoms with van der Waals surface area (Å²) in [6.45, 7) is 1.91. The van der Waals surface area contributed by atoms with Crippen LogP contribution >= 0.6 is 0 Å². The summed E-state index contributed by atoms with van der Waals surface area (Å²) < 4.78 is 32.2. The summed E-state index contributed by atoms with van der Waals surface area (Å²) in [5.41, 5.74) is 5.24. The maximum atomic E-state index is 13.4. The molecule has 0 radical (unpaired) electrons. The molecule has 0 heterocycles. The molecule has 0 spiro atoms. The number of hydrazine groups is 1. The van der Waals surface area contributed by atoms with Crippen LogP contribution in [0.5, 0.6) is 11.5 Å². The number of rotatable bonds is 9. The van der Waals surface area contributed by atoms with Gasteiger partial charge in [-0.05, 0) is 65.4 Å². The van der Waals surface area contributed by atoms with Crippen LogP contribution in [-0.2, 0) is 17.9 Å². The maximum absolute atomic E-state index is 13.4. The number of phenolic OH excluding ortho intramolecular Hbond substituents is 1. The van der Waals surface area contributed by atoms with Crippen molar-refractivity contribution in [2.75, 3.05) is 13.7 Å². The molecular weight excluding hydrogens is 492 g/mol. The molecule has 3 N–H and O–H groups in total. The van der Waals surface area contributed by atoms with Crippen LogP contribution < -0.4 is 15.5 Å². The van der Waals surface area contributed by atoms with Crippen LogP contribution in [0, 0.1) is 18.6 Å². The zero-order valence-electron chi connectivity index (χ0n) is 20.9. The third-order valence-electron chi connectivity index (χ3n) is 5.97. The molecule has 0 saturated heterocycles. The number of carbonyl (C=O) groups excluding carboxylic acids is 2. The Balaban J connectivity index is 1.38. The average molecular weight is 520 g/mol. The van der Waals surface area contributed by atoms with Gasteiger partial charge in [0.2, 0.25) is 0 Å². The smallest absolute Gasteiger partial charge is 0.265 e. The number of phenols is 1. The van der Waals surface area contributed by atoms with E-state index in [0.29, 0.717) is 29.0 Å². The Morgan fingerprint density at radius 2 is 1.71 bits per heavy atom. The largest absolute Gasteiger partial charge is 0.508 e. The van der Waals surface area contributed by atoms with Gasteiger partial charge in [0, 0.05) is 31.1 Å². The molecule has 7 nitrogen and oxygen atoms in total. The van der Waals surface area contributed by atoms with E-state index in [1.165, 1.54) is 12.1 Å². The van der Waals surface area contributed by atoms with Crippen LogP contribution in [0.1, 0.15) is 27.0 Å². The van der Waals surface area contributed by atoms with Gasteiger partial charge >= 0.3 is 0 Å².